The van der Waals surface area contributed by atoms with Gasteiger partial charge >= 0.3 is 0 Å². The molecule has 0 fully saturated rings. The molecule has 0 spiro atoms. The number of fused-ring (bicyclic) bond motifs is 3. The van der Waals surface area contributed by atoms with E-state index < -0.39 is 0 Å². The van der Waals surface area contributed by atoms with Crippen LogP contribution in [-0.4, -0.2) is 35.6 Å². The lowest BCUT2D eigenvalue weighted by Crippen LogP contribution is -2.02. The van der Waals surface area contributed by atoms with Crippen LogP contribution in [0, 0.1) is 0 Å². The Hall–Kier alpha value is -2.55. The maximum absolute atomic E-state index is 5.95. The molecule has 0 unspecified atom stereocenters. The van der Waals surface area contributed by atoms with Crippen LogP contribution in [0.25, 0.3) is 28.3 Å². The highest BCUT2D eigenvalue weighted by Crippen LogP contribution is 2.30. The van der Waals surface area contributed by atoms with E-state index in [1.807, 2.05) is 13.3 Å². The van der Waals surface area contributed by atoms with E-state index >= 15 is 0 Å². The summed E-state index contributed by atoms with van der Waals surface area (Å²) in [5.41, 5.74) is 7.14. The number of nitrogens with zero attached hydrogens (tertiary/aromatic N) is 6. The van der Waals surface area contributed by atoms with Gasteiger partial charge < -0.3 is 10.2 Å². The van der Waals surface area contributed by atoms with Crippen molar-refractivity contribution in [1.29, 1.82) is 0 Å². The molecular formula is C12H11N7OS. The number of nitrogen functional groups attached to an aromatic ring is 1. The van der Waals surface area contributed by atoms with Crippen LogP contribution >= 0.6 is 11.8 Å². The number of furan rings is 1. The maximum atomic E-state index is 5.95. The Bertz CT molecular complexity index is 953. The summed E-state index contributed by atoms with van der Waals surface area (Å²) in [7, 11) is 1.87. The predicted octanol–water partition coefficient (Wildman–Crippen LogP) is 1.58. The zero-order valence-corrected chi connectivity index (χ0v) is 12.1. The molecule has 4 aromatic rings. The van der Waals surface area contributed by atoms with Crippen LogP contribution in [0.5, 0.6) is 0 Å². The van der Waals surface area contributed by atoms with Crippen molar-refractivity contribution in [2.75, 3.05) is 12.0 Å². The van der Waals surface area contributed by atoms with Crippen molar-refractivity contribution in [3.63, 3.8) is 0 Å². The van der Waals surface area contributed by atoms with E-state index in [0.717, 1.165) is 10.4 Å². The second kappa shape index (κ2) is 4.22. The van der Waals surface area contributed by atoms with Gasteiger partial charge in [-0.25, -0.2) is 4.98 Å². The van der Waals surface area contributed by atoms with E-state index in [-0.39, 0.29) is 5.95 Å². The summed E-state index contributed by atoms with van der Waals surface area (Å²) in [6.07, 6.45) is 3.56. The van der Waals surface area contributed by atoms with E-state index in [4.69, 9.17) is 10.2 Å². The molecule has 0 saturated carbocycles. The minimum absolute atomic E-state index is 0.244. The normalized spacial score (nSPS) is 11.7. The third-order valence-electron chi connectivity index (χ3n) is 3.18. The highest BCUT2D eigenvalue weighted by Gasteiger charge is 2.19. The van der Waals surface area contributed by atoms with Gasteiger partial charge in [-0.05, 0) is 18.4 Å². The standard InChI is InChI=1S/C12H11N7OS/c1-18-11(21-2)7-9(16-18)15-12(13)19-10(7)14-8(17-19)6-4-3-5-20-6/h3-5H,1-2H3,(H2,13,15,16). The Morgan fingerprint density at radius 2 is 2.14 bits per heavy atom. The minimum Gasteiger partial charge on any atom is -0.461 e. The first kappa shape index (κ1) is 12.2. The summed E-state index contributed by atoms with van der Waals surface area (Å²) in [5, 5.41) is 10.5. The van der Waals surface area contributed by atoms with Gasteiger partial charge in [0.2, 0.25) is 11.8 Å². The molecule has 9 heteroatoms. The monoisotopic (exact) mass is 301 g/mol. The predicted molar refractivity (Wildman–Crippen MR) is 78.9 cm³/mol. The summed E-state index contributed by atoms with van der Waals surface area (Å²) in [5.74, 6) is 1.30. The largest absolute Gasteiger partial charge is 0.461 e. The van der Waals surface area contributed by atoms with Gasteiger partial charge in [-0.15, -0.1) is 16.9 Å². The SMILES string of the molecule is CSc1c2c(nc(N)n3nc(-c4ccco4)nc23)nn1C. The lowest BCUT2D eigenvalue weighted by atomic mass is 10.4. The Morgan fingerprint density at radius 3 is 2.86 bits per heavy atom. The summed E-state index contributed by atoms with van der Waals surface area (Å²) in [6.45, 7) is 0. The number of aryl methyl sites for hydroxylation is 1. The lowest BCUT2D eigenvalue weighted by molar-refractivity contribution is 0.577. The highest BCUT2D eigenvalue weighted by molar-refractivity contribution is 7.98. The van der Waals surface area contributed by atoms with Gasteiger partial charge in [-0.2, -0.15) is 14.6 Å². The van der Waals surface area contributed by atoms with Crippen molar-refractivity contribution >= 4 is 34.4 Å². The van der Waals surface area contributed by atoms with Crippen LogP contribution in [-0.2, 0) is 7.05 Å². The van der Waals surface area contributed by atoms with Crippen LogP contribution in [0.1, 0.15) is 0 Å². The lowest BCUT2D eigenvalue weighted by Gasteiger charge is -1.98. The van der Waals surface area contributed by atoms with Crippen LogP contribution in [0.15, 0.2) is 27.8 Å². The molecular weight excluding hydrogens is 290 g/mol. The van der Waals surface area contributed by atoms with Gasteiger partial charge in [0.25, 0.3) is 0 Å². The minimum atomic E-state index is 0.244. The molecule has 2 N–H and O–H groups in total. The van der Waals surface area contributed by atoms with Gasteiger partial charge in [-0.1, -0.05) is 0 Å². The topological polar surface area (TPSA) is 100 Å². The molecule has 0 radical (unpaired) electrons. The van der Waals surface area contributed by atoms with Gasteiger partial charge in [0.15, 0.2) is 17.1 Å². The Labute approximate surface area is 123 Å². The number of aromatic nitrogens is 6. The van der Waals surface area contributed by atoms with Gasteiger partial charge in [0.1, 0.15) is 5.03 Å². The fourth-order valence-electron chi connectivity index (χ4n) is 2.30. The summed E-state index contributed by atoms with van der Waals surface area (Å²) < 4.78 is 8.62. The molecule has 0 aromatic carbocycles. The average Bonchev–Trinajstić information content (AvgIpc) is 3.14. The van der Waals surface area contributed by atoms with Crippen LogP contribution in [0.2, 0.25) is 0 Å². The molecule has 21 heavy (non-hydrogen) atoms. The van der Waals surface area contributed by atoms with Crippen molar-refractivity contribution in [3.05, 3.63) is 18.4 Å². The molecule has 0 aliphatic heterocycles. The van der Waals surface area contributed by atoms with E-state index in [1.165, 1.54) is 4.52 Å². The Balaban J connectivity index is 2.13. The number of rotatable bonds is 2. The zero-order valence-electron chi connectivity index (χ0n) is 11.3. The first-order valence-electron chi connectivity index (χ1n) is 6.16. The number of hydrogen-bond donors (Lipinski definition) is 1. The summed E-state index contributed by atoms with van der Waals surface area (Å²) in [6, 6.07) is 3.59. The van der Waals surface area contributed by atoms with Crippen molar-refractivity contribution < 1.29 is 4.42 Å². The van der Waals surface area contributed by atoms with Crippen molar-refractivity contribution in [2.24, 2.45) is 7.05 Å². The van der Waals surface area contributed by atoms with Gasteiger partial charge in [-0.3, -0.25) is 4.68 Å². The van der Waals surface area contributed by atoms with E-state index in [9.17, 15) is 0 Å². The van der Waals surface area contributed by atoms with Crippen LogP contribution in [0.4, 0.5) is 5.95 Å². The molecule has 0 atom stereocenters. The second-order valence-electron chi connectivity index (χ2n) is 4.45. The Kier molecular flexibility index (Phi) is 2.45. The summed E-state index contributed by atoms with van der Waals surface area (Å²) >= 11 is 1.57. The molecule has 0 saturated heterocycles. The fourth-order valence-corrected chi connectivity index (χ4v) is 2.99. The van der Waals surface area contributed by atoms with Crippen molar-refractivity contribution in [1.82, 2.24) is 29.4 Å². The Morgan fingerprint density at radius 1 is 1.29 bits per heavy atom. The van der Waals surface area contributed by atoms with E-state index in [1.54, 1.807) is 34.8 Å². The zero-order chi connectivity index (χ0) is 14.6. The quantitative estimate of drug-likeness (QED) is 0.561. The smallest absolute Gasteiger partial charge is 0.225 e. The van der Waals surface area contributed by atoms with E-state index in [2.05, 4.69) is 20.2 Å². The van der Waals surface area contributed by atoms with E-state index in [0.29, 0.717) is 22.9 Å². The first-order valence-corrected chi connectivity index (χ1v) is 7.38. The third kappa shape index (κ3) is 1.64. The van der Waals surface area contributed by atoms with Crippen molar-refractivity contribution in [3.8, 4) is 11.6 Å². The van der Waals surface area contributed by atoms with Crippen molar-refractivity contribution in [2.45, 2.75) is 5.03 Å². The molecule has 4 heterocycles. The molecule has 4 rings (SSSR count). The molecule has 106 valence electrons. The van der Waals surface area contributed by atoms with Crippen LogP contribution in [0.3, 0.4) is 0 Å². The molecule has 0 amide bonds. The van der Waals surface area contributed by atoms with Gasteiger partial charge in [0, 0.05) is 7.05 Å². The highest BCUT2D eigenvalue weighted by atomic mass is 32.2. The fraction of sp³-hybridized carbons (Fsp3) is 0.167. The number of hydrogen-bond acceptors (Lipinski definition) is 7. The average molecular weight is 301 g/mol. The number of nitrogens with two attached hydrogens (primary N) is 1. The number of thioether (sulfide) groups is 1. The van der Waals surface area contributed by atoms with Gasteiger partial charge in [0.05, 0.1) is 11.6 Å². The molecule has 0 bridgehead atoms. The maximum Gasteiger partial charge on any atom is 0.225 e. The molecule has 8 nitrogen and oxygen atoms in total. The molecule has 4 aromatic heterocycles. The summed E-state index contributed by atoms with van der Waals surface area (Å²) in [4.78, 5) is 8.83. The van der Waals surface area contributed by atoms with Crippen LogP contribution < -0.4 is 5.73 Å². The number of anilines is 1. The third-order valence-corrected chi connectivity index (χ3v) is 4.03. The second-order valence-corrected chi connectivity index (χ2v) is 5.24. The molecule has 0 aliphatic carbocycles. The molecule has 0 aliphatic rings. The first-order chi connectivity index (χ1) is 10.2.